The maximum absolute atomic E-state index is 13.2. The van der Waals surface area contributed by atoms with Crippen molar-refractivity contribution in [2.45, 2.75) is 51.1 Å². The van der Waals surface area contributed by atoms with Crippen LogP contribution < -0.4 is 0 Å². The number of hydrogen-bond donors (Lipinski definition) is 0. The topological polar surface area (TPSA) is 61.2 Å². The third-order valence-electron chi connectivity index (χ3n) is 4.79. The molecule has 1 heterocycles. The zero-order valence-electron chi connectivity index (χ0n) is 15.3. The van der Waals surface area contributed by atoms with Crippen LogP contribution >= 0.6 is 0 Å². The summed E-state index contributed by atoms with van der Waals surface area (Å²) in [6.07, 6.45) is -1.31. The molecule has 0 unspecified atom stereocenters. The maximum atomic E-state index is 13.2. The molecule has 9 heteroatoms. The second-order valence-corrected chi connectivity index (χ2v) is 8.64. The van der Waals surface area contributed by atoms with E-state index >= 15 is 0 Å². The van der Waals surface area contributed by atoms with Gasteiger partial charge in [-0.15, -0.1) is 0 Å². The van der Waals surface area contributed by atoms with E-state index in [4.69, 9.17) is 0 Å². The van der Waals surface area contributed by atoms with E-state index in [2.05, 4.69) is 9.17 Å². The van der Waals surface area contributed by atoms with Crippen LogP contribution in [0.5, 0.6) is 0 Å². The summed E-state index contributed by atoms with van der Waals surface area (Å²) in [5.41, 5.74) is 2.08. The van der Waals surface area contributed by atoms with Crippen molar-refractivity contribution in [3.05, 3.63) is 40.7 Å². The van der Waals surface area contributed by atoms with Crippen LogP contribution in [0.1, 0.15) is 48.7 Å². The molecule has 1 aliphatic rings. The predicted molar refractivity (Wildman–Crippen MR) is 94.7 cm³/mol. The van der Waals surface area contributed by atoms with Crippen LogP contribution in [0.2, 0.25) is 0 Å². The lowest BCUT2D eigenvalue weighted by Gasteiger charge is -2.16. The van der Waals surface area contributed by atoms with Gasteiger partial charge in [-0.2, -0.15) is 21.6 Å². The van der Waals surface area contributed by atoms with E-state index in [1.165, 1.54) is 4.57 Å². The summed E-state index contributed by atoms with van der Waals surface area (Å²) in [4.78, 5) is 3.87. The largest absolute Gasteiger partial charge is 0.434 e. The van der Waals surface area contributed by atoms with Gasteiger partial charge in [-0.25, -0.2) is 4.98 Å². The Bertz CT molecular complexity index is 963. The molecular formula is C18H21F3N2O3S. The molecule has 0 amide bonds. The van der Waals surface area contributed by atoms with Crippen molar-refractivity contribution in [3.8, 4) is 11.4 Å². The molecule has 1 aromatic carbocycles. The summed E-state index contributed by atoms with van der Waals surface area (Å²) in [5.74, 6) is 0.00931. The van der Waals surface area contributed by atoms with Crippen molar-refractivity contribution < 1.29 is 25.8 Å². The van der Waals surface area contributed by atoms with Gasteiger partial charge in [-0.05, 0) is 49.8 Å². The number of nitrogens with zero attached hydrogens (tertiary/aromatic N) is 2. The van der Waals surface area contributed by atoms with Gasteiger partial charge in [0.15, 0.2) is 5.69 Å². The van der Waals surface area contributed by atoms with E-state index in [-0.39, 0.29) is 17.6 Å². The third kappa shape index (κ3) is 3.89. The van der Waals surface area contributed by atoms with Crippen LogP contribution in [0, 0.1) is 0 Å². The van der Waals surface area contributed by atoms with E-state index in [0.29, 0.717) is 24.0 Å². The van der Waals surface area contributed by atoms with Crippen LogP contribution in [-0.4, -0.2) is 25.1 Å². The van der Waals surface area contributed by atoms with Crippen LogP contribution in [0.3, 0.4) is 0 Å². The smallest absolute Gasteiger partial charge is 0.328 e. The molecule has 0 bridgehead atoms. The van der Waals surface area contributed by atoms with Gasteiger partial charge in [-0.1, -0.05) is 12.1 Å². The Morgan fingerprint density at radius 2 is 1.89 bits per heavy atom. The number of hydrogen-bond acceptors (Lipinski definition) is 4. The van der Waals surface area contributed by atoms with E-state index < -0.39 is 22.0 Å². The number of halogens is 3. The number of benzene rings is 1. The minimum Gasteiger partial charge on any atom is -0.328 e. The van der Waals surface area contributed by atoms with Crippen molar-refractivity contribution in [1.29, 1.82) is 0 Å². The number of alkyl halides is 3. The molecule has 2 aromatic rings. The molecule has 0 saturated carbocycles. The molecule has 0 spiro atoms. The van der Waals surface area contributed by atoms with Gasteiger partial charge in [0.2, 0.25) is 0 Å². The molecule has 0 fully saturated rings. The Hall–Kier alpha value is -1.87. The zero-order chi connectivity index (χ0) is 20.0. The molecule has 148 valence electrons. The molecule has 0 radical (unpaired) electrons. The number of rotatable bonds is 5. The average Bonchev–Trinajstić information content (AvgIpc) is 3.22. The van der Waals surface area contributed by atoms with Gasteiger partial charge >= 0.3 is 6.18 Å². The van der Waals surface area contributed by atoms with Gasteiger partial charge in [0, 0.05) is 17.8 Å². The van der Waals surface area contributed by atoms with Gasteiger partial charge in [0.25, 0.3) is 10.1 Å². The predicted octanol–water partition coefficient (Wildman–Crippen LogP) is 4.11. The first-order valence-electron chi connectivity index (χ1n) is 8.62. The van der Waals surface area contributed by atoms with Crippen LogP contribution in [0.25, 0.3) is 11.4 Å². The van der Waals surface area contributed by atoms with Crippen LogP contribution in [0.15, 0.2) is 18.3 Å². The molecule has 0 aliphatic heterocycles. The number of imidazole rings is 1. The van der Waals surface area contributed by atoms with Crippen molar-refractivity contribution in [3.63, 3.8) is 0 Å². The minimum absolute atomic E-state index is 0.200. The van der Waals surface area contributed by atoms with Gasteiger partial charge in [0.05, 0.1) is 7.11 Å². The molecule has 27 heavy (non-hydrogen) atoms. The van der Waals surface area contributed by atoms with E-state index in [1.807, 2.05) is 0 Å². The first kappa shape index (κ1) is 19.9. The Balaban J connectivity index is 2.14. The SMILES string of the molecule is COS(=O)(=O)Cc1ccc(-c2nc(C(F)(F)F)cn2C(C)C)c2c1CCC2. The van der Waals surface area contributed by atoms with Crippen LogP contribution in [0.4, 0.5) is 13.2 Å². The average molecular weight is 402 g/mol. The zero-order valence-corrected chi connectivity index (χ0v) is 16.1. The second-order valence-electron chi connectivity index (χ2n) is 6.90. The fraction of sp³-hybridized carbons (Fsp3) is 0.500. The molecule has 0 N–H and O–H groups in total. The normalized spacial score (nSPS) is 14.8. The third-order valence-corrected chi connectivity index (χ3v) is 5.96. The lowest BCUT2D eigenvalue weighted by molar-refractivity contribution is -0.140. The minimum atomic E-state index is -4.52. The summed E-state index contributed by atoms with van der Waals surface area (Å²) in [7, 11) is -2.56. The molecule has 1 aliphatic carbocycles. The summed E-state index contributed by atoms with van der Waals surface area (Å²) in [6, 6.07) is 3.13. The molecule has 3 rings (SSSR count). The Kier molecular flexibility index (Phi) is 5.11. The van der Waals surface area contributed by atoms with E-state index in [9.17, 15) is 21.6 Å². The fourth-order valence-electron chi connectivity index (χ4n) is 3.50. The van der Waals surface area contributed by atoms with E-state index in [0.717, 1.165) is 30.9 Å². The molecule has 0 saturated heterocycles. The lowest BCUT2D eigenvalue weighted by atomic mass is 9.98. The standard InChI is InChI=1S/C18H21F3N2O3S/c1-11(2)23-9-16(18(19,20)21)22-17(23)15-8-7-12(10-27(24,25)26-3)13-5-4-6-14(13)15/h7-9,11H,4-6,10H2,1-3H3. The maximum Gasteiger partial charge on any atom is 0.434 e. The van der Waals surface area contributed by atoms with Crippen molar-refractivity contribution in [2.75, 3.05) is 7.11 Å². The van der Waals surface area contributed by atoms with Gasteiger partial charge in [-0.3, -0.25) is 4.18 Å². The summed E-state index contributed by atoms with van der Waals surface area (Å²) >= 11 is 0. The lowest BCUT2D eigenvalue weighted by Crippen LogP contribution is -2.09. The fourth-order valence-corrected chi connectivity index (χ4v) is 4.27. The number of aromatic nitrogens is 2. The quantitative estimate of drug-likeness (QED) is 0.706. The molecule has 0 atom stereocenters. The molecule has 5 nitrogen and oxygen atoms in total. The monoisotopic (exact) mass is 402 g/mol. The molecular weight excluding hydrogens is 381 g/mol. The first-order valence-corrected chi connectivity index (χ1v) is 10.2. The number of fused-ring (bicyclic) bond motifs is 1. The van der Waals surface area contributed by atoms with Crippen LogP contribution in [-0.2, 0) is 39.1 Å². The Morgan fingerprint density at radius 1 is 1.22 bits per heavy atom. The highest BCUT2D eigenvalue weighted by Gasteiger charge is 2.36. The summed E-state index contributed by atoms with van der Waals surface area (Å²) in [6.45, 7) is 3.59. The molecule has 1 aromatic heterocycles. The highest BCUT2D eigenvalue weighted by molar-refractivity contribution is 7.85. The summed E-state index contributed by atoms with van der Waals surface area (Å²) in [5, 5.41) is 0. The van der Waals surface area contributed by atoms with Crippen molar-refractivity contribution in [1.82, 2.24) is 9.55 Å². The second kappa shape index (κ2) is 6.94. The van der Waals surface area contributed by atoms with Gasteiger partial charge in [0.1, 0.15) is 11.6 Å². The Labute approximate surface area is 156 Å². The van der Waals surface area contributed by atoms with E-state index in [1.54, 1.807) is 26.0 Å². The highest BCUT2D eigenvalue weighted by atomic mass is 32.2. The van der Waals surface area contributed by atoms with Gasteiger partial charge < -0.3 is 4.57 Å². The first-order chi connectivity index (χ1) is 12.5. The summed E-state index contributed by atoms with van der Waals surface area (Å²) < 4.78 is 69.2. The highest BCUT2D eigenvalue weighted by Crippen LogP contribution is 2.38. The van der Waals surface area contributed by atoms with Crippen molar-refractivity contribution >= 4 is 10.1 Å². The van der Waals surface area contributed by atoms with Crippen molar-refractivity contribution in [2.24, 2.45) is 0 Å². The Morgan fingerprint density at radius 3 is 2.48 bits per heavy atom.